The van der Waals surface area contributed by atoms with E-state index in [2.05, 4.69) is 25.0 Å². The fourth-order valence-electron chi connectivity index (χ4n) is 2.59. The minimum Gasteiger partial charge on any atom is -0.466 e. The van der Waals surface area contributed by atoms with E-state index in [1.807, 2.05) is 37.3 Å². The molecule has 6 heteroatoms. The van der Waals surface area contributed by atoms with Crippen molar-refractivity contribution < 1.29 is 19.1 Å². The number of ether oxygens (including phenoxy) is 2. The van der Waals surface area contributed by atoms with Gasteiger partial charge in [-0.15, -0.1) is 0 Å². The van der Waals surface area contributed by atoms with Crippen molar-refractivity contribution in [3.63, 3.8) is 0 Å². The van der Waals surface area contributed by atoms with Gasteiger partial charge in [-0.3, -0.25) is 4.79 Å². The molecule has 0 saturated heterocycles. The van der Waals surface area contributed by atoms with Crippen LogP contribution < -0.4 is 5.32 Å². The lowest BCUT2D eigenvalue weighted by atomic mass is 10.2. The van der Waals surface area contributed by atoms with E-state index in [1.165, 1.54) is 0 Å². The Balaban J connectivity index is 2.23. The zero-order valence-corrected chi connectivity index (χ0v) is 16.8. The molecule has 0 radical (unpaired) electrons. The Labute approximate surface area is 152 Å². The number of hydrogen-bond donors (Lipinski definition) is 1. The summed E-state index contributed by atoms with van der Waals surface area (Å²) in [6.07, 6.45) is 2.11. The quantitative estimate of drug-likeness (QED) is 0.380. The Kier molecular flexibility index (Phi) is 9.27. The van der Waals surface area contributed by atoms with Gasteiger partial charge in [0, 0.05) is 6.54 Å². The summed E-state index contributed by atoms with van der Waals surface area (Å²) in [5.41, 5.74) is 0.975. The molecule has 1 atom stereocenters. The molecule has 1 rings (SSSR count). The molecule has 0 fully saturated rings. The molecule has 25 heavy (non-hydrogen) atoms. The van der Waals surface area contributed by atoms with Crippen LogP contribution in [-0.4, -0.2) is 33.3 Å². The van der Waals surface area contributed by atoms with E-state index < -0.39 is 14.2 Å². The number of hydrogen-bond acceptors (Lipinski definition) is 4. The van der Waals surface area contributed by atoms with Crippen molar-refractivity contribution in [2.45, 2.75) is 58.0 Å². The Bertz CT molecular complexity index is 528. The molecule has 0 bridgehead atoms. The van der Waals surface area contributed by atoms with Crippen molar-refractivity contribution in [2.24, 2.45) is 0 Å². The number of amides is 1. The van der Waals surface area contributed by atoms with Crippen LogP contribution in [-0.2, 0) is 20.9 Å². The second kappa shape index (κ2) is 10.9. The van der Waals surface area contributed by atoms with Crippen molar-refractivity contribution in [1.82, 2.24) is 5.32 Å². The molecule has 1 aromatic carbocycles. The summed E-state index contributed by atoms with van der Waals surface area (Å²) in [7, 11) is -1.61. The summed E-state index contributed by atoms with van der Waals surface area (Å²) in [5.74, 6) is -0.0723. The number of carbonyl (C=O) groups excluding carboxylic acids is 2. The highest BCUT2D eigenvalue weighted by atomic mass is 28.3. The van der Waals surface area contributed by atoms with Crippen molar-refractivity contribution in [3.8, 4) is 0 Å². The van der Waals surface area contributed by atoms with E-state index in [-0.39, 0.29) is 18.1 Å². The van der Waals surface area contributed by atoms with E-state index in [9.17, 15) is 9.59 Å². The summed E-state index contributed by atoms with van der Waals surface area (Å²) in [4.78, 5) is 23.8. The normalized spacial score (nSPS) is 12.3. The zero-order valence-electron chi connectivity index (χ0n) is 15.8. The maximum Gasteiger partial charge on any atom is 0.407 e. The van der Waals surface area contributed by atoms with Gasteiger partial charge in [-0.1, -0.05) is 56.4 Å². The summed E-state index contributed by atoms with van der Waals surface area (Å²) in [6.45, 7) is 9.65. The average molecular weight is 366 g/mol. The number of benzene rings is 1. The zero-order chi connectivity index (χ0) is 18.7. The van der Waals surface area contributed by atoms with Gasteiger partial charge in [0.1, 0.15) is 6.61 Å². The Morgan fingerprint density at radius 3 is 2.36 bits per heavy atom. The molecule has 1 aromatic rings. The molecule has 0 aliphatic carbocycles. The first-order valence-corrected chi connectivity index (χ1v) is 12.5. The molecule has 0 heterocycles. The van der Waals surface area contributed by atoms with Crippen LogP contribution in [0.25, 0.3) is 0 Å². The maximum absolute atomic E-state index is 12.1. The largest absolute Gasteiger partial charge is 0.466 e. The van der Waals surface area contributed by atoms with E-state index in [1.54, 1.807) is 0 Å². The van der Waals surface area contributed by atoms with E-state index in [0.29, 0.717) is 13.2 Å². The summed E-state index contributed by atoms with van der Waals surface area (Å²) in [6, 6.07) is 9.58. The van der Waals surface area contributed by atoms with E-state index >= 15 is 0 Å². The number of rotatable bonds is 10. The van der Waals surface area contributed by atoms with Crippen LogP contribution in [0.3, 0.4) is 0 Å². The number of carbonyl (C=O) groups is 2. The number of unbranched alkanes of at least 4 members (excludes halogenated alkanes) is 1. The lowest BCUT2D eigenvalue weighted by molar-refractivity contribution is -0.143. The van der Waals surface area contributed by atoms with Crippen LogP contribution in [0, 0.1) is 0 Å². The fourth-order valence-corrected chi connectivity index (χ4v) is 4.45. The molecule has 1 amide bonds. The first kappa shape index (κ1) is 21.2. The van der Waals surface area contributed by atoms with Gasteiger partial charge in [-0.2, -0.15) is 0 Å². The van der Waals surface area contributed by atoms with Gasteiger partial charge in [0.25, 0.3) is 0 Å². The molecule has 140 valence electrons. The lowest BCUT2D eigenvalue weighted by Crippen LogP contribution is -2.35. The summed E-state index contributed by atoms with van der Waals surface area (Å²) >= 11 is 0. The number of esters is 1. The molecule has 1 unspecified atom stereocenters. The van der Waals surface area contributed by atoms with Crippen LogP contribution in [0.1, 0.15) is 31.7 Å². The maximum atomic E-state index is 12.1. The minimum absolute atomic E-state index is 0.0116. The molecule has 0 aromatic heterocycles. The molecule has 5 nitrogen and oxygen atoms in total. The first-order valence-electron chi connectivity index (χ1n) is 8.95. The second-order valence-corrected chi connectivity index (χ2v) is 12.6. The Morgan fingerprint density at radius 1 is 1.08 bits per heavy atom. The van der Waals surface area contributed by atoms with Crippen molar-refractivity contribution >= 4 is 20.1 Å². The standard InChI is InChI=1S/C19H31NO4Si/c1-5-23-18(21)17(25(2,3)4)13-9-10-14-20-19(22)24-15-16-11-7-6-8-12-16/h6-8,11-12,17H,5,9-10,13-15H2,1-4H3,(H,20,22). The minimum atomic E-state index is -1.61. The van der Waals surface area contributed by atoms with Gasteiger partial charge in [0.2, 0.25) is 0 Å². The van der Waals surface area contributed by atoms with Crippen molar-refractivity contribution in [2.75, 3.05) is 13.2 Å². The van der Waals surface area contributed by atoms with Gasteiger partial charge in [0.05, 0.1) is 20.2 Å². The molecule has 0 saturated carbocycles. The molecular weight excluding hydrogens is 334 g/mol. The van der Waals surface area contributed by atoms with Crippen LogP contribution in [0.4, 0.5) is 4.79 Å². The summed E-state index contributed by atoms with van der Waals surface area (Å²) < 4.78 is 10.4. The highest BCUT2D eigenvalue weighted by molar-refractivity contribution is 6.80. The van der Waals surface area contributed by atoms with Gasteiger partial charge in [0.15, 0.2) is 0 Å². The smallest absolute Gasteiger partial charge is 0.407 e. The van der Waals surface area contributed by atoms with Gasteiger partial charge in [-0.25, -0.2) is 4.79 Å². The molecule has 0 aliphatic heterocycles. The van der Waals surface area contributed by atoms with Crippen LogP contribution in [0.15, 0.2) is 30.3 Å². The van der Waals surface area contributed by atoms with Crippen LogP contribution >= 0.6 is 0 Å². The topological polar surface area (TPSA) is 64.6 Å². The van der Waals surface area contributed by atoms with Crippen molar-refractivity contribution in [1.29, 1.82) is 0 Å². The van der Waals surface area contributed by atoms with Crippen LogP contribution in [0.5, 0.6) is 0 Å². The monoisotopic (exact) mass is 365 g/mol. The Hall–Kier alpha value is -1.82. The van der Waals surface area contributed by atoms with Crippen molar-refractivity contribution in [3.05, 3.63) is 35.9 Å². The predicted octanol–water partition coefficient (Wildman–Crippen LogP) is 4.35. The van der Waals surface area contributed by atoms with E-state index in [4.69, 9.17) is 9.47 Å². The number of alkyl carbamates (subject to hydrolysis) is 1. The summed E-state index contributed by atoms with van der Waals surface area (Å²) in [5, 5.41) is 2.75. The SMILES string of the molecule is CCOC(=O)C(CCCCNC(=O)OCc1ccccc1)[Si](C)(C)C. The van der Waals surface area contributed by atoms with Gasteiger partial charge in [-0.05, 0) is 25.3 Å². The lowest BCUT2D eigenvalue weighted by Gasteiger charge is -2.27. The molecule has 0 aliphatic rings. The third kappa shape index (κ3) is 8.72. The third-order valence-corrected chi connectivity index (χ3v) is 6.63. The molecule has 1 N–H and O–H groups in total. The Morgan fingerprint density at radius 2 is 1.76 bits per heavy atom. The second-order valence-electron chi connectivity index (χ2n) is 7.15. The van der Waals surface area contributed by atoms with Crippen LogP contribution in [0.2, 0.25) is 25.2 Å². The van der Waals surface area contributed by atoms with Gasteiger partial charge < -0.3 is 14.8 Å². The molecule has 0 spiro atoms. The predicted molar refractivity (Wildman–Crippen MR) is 102 cm³/mol. The highest BCUT2D eigenvalue weighted by Crippen LogP contribution is 2.28. The number of nitrogens with one attached hydrogen (secondary N) is 1. The third-order valence-electron chi connectivity index (χ3n) is 4.02. The first-order chi connectivity index (χ1) is 11.8. The van der Waals surface area contributed by atoms with Gasteiger partial charge >= 0.3 is 12.1 Å². The average Bonchev–Trinajstić information content (AvgIpc) is 2.56. The van der Waals surface area contributed by atoms with E-state index in [0.717, 1.165) is 24.8 Å². The molecular formula is C19H31NO4Si. The fraction of sp³-hybridized carbons (Fsp3) is 0.579. The highest BCUT2D eigenvalue weighted by Gasteiger charge is 2.33.